The summed E-state index contributed by atoms with van der Waals surface area (Å²) in [4.78, 5) is 22.9. The Bertz CT molecular complexity index is 499. The molecule has 1 aromatic rings. The minimum absolute atomic E-state index is 0.0145. The number of fused-ring (bicyclic) bond motifs is 1. The van der Waals surface area contributed by atoms with E-state index in [-0.39, 0.29) is 24.3 Å². The summed E-state index contributed by atoms with van der Waals surface area (Å²) in [6, 6.07) is 5.51. The average Bonchev–Trinajstić information content (AvgIpc) is 2.43. The fourth-order valence-electron chi connectivity index (χ4n) is 1.79. The van der Waals surface area contributed by atoms with Gasteiger partial charge in [-0.1, -0.05) is 19.9 Å². The summed E-state index contributed by atoms with van der Waals surface area (Å²) >= 11 is 0. The van der Waals surface area contributed by atoms with E-state index in [0.717, 1.165) is 12.0 Å². The van der Waals surface area contributed by atoms with Gasteiger partial charge in [-0.15, -0.1) is 0 Å². The number of hydrogen-bond acceptors (Lipinski definition) is 3. The van der Waals surface area contributed by atoms with Gasteiger partial charge >= 0.3 is 0 Å². The molecular weight excluding hydrogens is 244 g/mol. The molecule has 0 spiro atoms. The molecule has 2 N–H and O–H groups in total. The molecule has 0 radical (unpaired) electrons. The van der Waals surface area contributed by atoms with Gasteiger partial charge in [0.2, 0.25) is 5.91 Å². The maximum absolute atomic E-state index is 11.7. The highest BCUT2D eigenvalue weighted by molar-refractivity contribution is 5.95. The number of benzene rings is 1. The van der Waals surface area contributed by atoms with Crippen molar-refractivity contribution in [3.05, 3.63) is 23.8 Å². The first-order valence-electron chi connectivity index (χ1n) is 6.43. The second-order valence-electron chi connectivity index (χ2n) is 4.69. The number of amides is 2. The summed E-state index contributed by atoms with van der Waals surface area (Å²) in [5, 5.41) is 5.62. The van der Waals surface area contributed by atoms with Crippen molar-refractivity contribution >= 4 is 17.5 Å². The van der Waals surface area contributed by atoms with Crippen LogP contribution in [-0.4, -0.2) is 18.4 Å². The van der Waals surface area contributed by atoms with Crippen LogP contribution in [0.25, 0.3) is 0 Å². The lowest BCUT2D eigenvalue weighted by Gasteiger charge is -2.18. The van der Waals surface area contributed by atoms with E-state index in [2.05, 4.69) is 10.6 Å². The molecule has 1 heterocycles. The molecule has 0 aliphatic carbocycles. The second kappa shape index (κ2) is 5.73. The Morgan fingerprint density at radius 2 is 2.32 bits per heavy atom. The van der Waals surface area contributed by atoms with Crippen molar-refractivity contribution in [1.82, 2.24) is 5.32 Å². The Kier molecular flexibility index (Phi) is 4.04. The van der Waals surface area contributed by atoms with Crippen LogP contribution >= 0.6 is 0 Å². The number of anilines is 1. The molecule has 1 unspecified atom stereocenters. The topological polar surface area (TPSA) is 67.4 Å². The van der Waals surface area contributed by atoms with Crippen LogP contribution in [0.1, 0.15) is 25.8 Å². The highest BCUT2D eigenvalue weighted by Crippen LogP contribution is 2.28. The lowest BCUT2D eigenvalue weighted by Crippen LogP contribution is -2.29. The van der Waals surface area contributed by atoms with E-state index in [4.69, 9.17) is 4.74 Å². The third-order valence-electron chi connectivity index (χ3n) is 3.20. The van der Waals surface area contributed by atoms with Crippen molar-refractivity contribution in [3.8, 4) is 5.75 Å². The molecule has 0 saturated carbocycles. The Balaban J connectivity index is 2.00. The highest BCUT2D eigenvalue weighted by atomic mass is 16.5. The zero-order valence-corrected chi connectivity index (χ0v) is 11.2. The van der Waals surface area contributed by atoms with E-state index in [1.54, 1.807) is 6.07 Å². The predicted octanol–water partition coefficient (Wildman–Crippen LogP) is 1.68. The summed E-state index contributed by atoms with van der Waals surface area (Å²) in [6.07, 6.45) is 0.819. The van der Waals surface area contributed by atoms with Crippen LogP contribution in [-0.2, 0) is 16.1 Å². The molecule has 0 saturated heterocycles. The number of ether oxygens (including phenoxy) is 1. The summed E-state index contributed by atoms with van der Waals surface area (Å²) in [5.74, 6) is 0.561. The Labute approximate surface area is 112 Å². The van der Waals surface area contributed by atoms with E-state index in [1.165, 1.54) is 0 Å². The lowest BCUT2D eigenvalue weighted by atomic mass is 10.1. The Hall–Kier alpha value is -2.04. The fraction of sp³-hybridized carbons (Fsp3) is 0.429. The largest absolute Gasteiger partial charge is 0.482 e. The zero-order valence-electron chi connectivity index (χ0n) is 11.2. The maximum Gasteiger partial charge on any atom is 0.262 e. The molecule has 19 heavy (non-hydrogen) atoms. The summed E-state index contributed by atoms with van der Waals surface area (Å²) in [7, 11) is 0. The van der Waals surface area contributed by atoms with Crippen molar-refractivity contribution in [1.29, 1.82) is 0 Å². The van der Waals surface area contributed by atoms with Gasteiger partial charge in [-0.2, -0.15) is 0 Å². The molecule has 1 atom stereocenters. The number of rotatable bonds is 4. The molecule has 5 nitrogen and oxygen atoms in total. The van der Waals surface area contributed by atoms with Gasteiger partial charge < -0.3 is 15.4 Å². The lowest BCUT2D eigenvalue weighted by molar-refractivity contribution is -0.124. The first-order chi connectivity index (χ1) is 9.10. The van der Waals surface area contributed by atoms with E-state index in [0.29, 0.717) is 18.0 Å². The Morgan fingerprint density at radius 3 is 3.05 bits per heavy atom. The molecule has 0 aromatic heterocycles. The molecular formula is C14H18N2O3. The minimum Gasteiger partial charge on any atom is -0.482 e. The second-order valence-corrected chi connectivity index (χ2v) is 4.69. The van der Waals surface area contributed by atoms with Gasteiger partial charge in [0.05, 0.1) is 5.69 Å². The van der Waals surface area contributed by atoms with Gasteiger partial charge in [-0.05, 0) is 24.1 Å². The van der Waals surface area contributed by atoms with Crippen LogP contribution in [0.15, 0.2) is 18.2 Å². The van der Waals surface area contributed by atoms with Gasteiger partial charge in [0.25, 0.3) is 5.91 Å². The molecule has 1 aliphatic heterocycles. The van der Waals surface area contributed by atoms with Gasteiger partial charge in [-0.3, -0.25) is 9.59 Å². The van der Waals surface area contributed by atoms with Gasteiger partial charge in [0, 0.05) is 12.5 Å². The standard InChI is InChI=1S/C14H18N2O3/c1-3-9(2)14(18)15-7-10-4-5-12-11(6-10)16-13(17)8-19-12/h4-6,9H,3,7-8H2,1-2H3,(H,15,18)(H,16,17). The van der Waals surface area contributed by atoms with E-state index < -0.39 is 0 Å². The molecule has 1 aromatic carbocycles. The van der Waals surface area contributed by atoms with Crippen LogP contribution in [0, 0.1) is 5.92 Å². The molecule has 5 heteroatoms. The normalized spacial score (nSPS) is 14.9. The predicted molar refractivity (Wildman–Crippen MR) is 71.9 cm³/mol. The highest BCUT2D eigenvalue weighted by Gasteiger charge is 2.16. The van der Waals surface area contributed by atoms with Gasteiger partial charge in [0.15, 0.2) is 6.61 Å². The monoisotopic (exact) mass is 262 g/mol. The van der Waals surface area contributed by atoms with E-state index in [1.807, 2.05) is 26.0 Å². The van der Waals surface area contributed by atoms with E-state index >= 15 is 0 Å². The van der Waals surface area contributed by atoms with Crippen LogP contribution < -0.4 is 15.4 Å². The number of carbonyl (C=O) groups is 2. The summed E-state index contributed by atoms with van der Waals surface area (Å²) < 4.78 is 5.27. The maximum atomic E-state index is 11.7. The smallest absolute Gasteiger partial charge is 0.262 e. The van der Waals surface area contributed by atoms with Crippen LogP contribution in [0.4, 0.5) is 5.69 Å². The molecule has 0 fully saturated rings. The van der Waals surface area contributed by atoms with Crippen molar-refractivity contribution in [3.63, 3.8) is 0 Å². The third-order valence-corrected chi connectivity index (χ3v) is 3.20. The van der Waals surface area contributed by atoms with Crippen LogP contribution in [0.3, 0.4) is 0 Å². The molecule has 102 valence electrons. The Morgan fingerprint density at radius 1 is 1.53 bits per heavy atom. The number of nitrogens with one attached hydrogen (secondary N) is 2. The fourth-order valence-corrected chi connectivity index (χ4v) is 1.79. The van der Waals surface area contributed by atoms with Crippen LogP contribution in [0.2, 0.25) is 0 Å². The number of hydrogen-bond donors (Lipinski definition) is 2. The van der Waals surface area contributed by atoms with Crippen molar-refractivity contribution < 1.29 is 14.3 Å². The van der Waals surface area contributed by atoms with Gasteiger partial charge in [-0.25, -0.2) is 0 Å². The first-order valence-corrected chi connectivity index (χ1v) is 6.43. The molecule has 2 rings (SSSR count). The molecule has 2 amide bonds. The zero-order chi connectivity index (χ0) is 13.8. The minimum atomic E-state index is -0.159. The SMILES string of the molecule is CCC(C)C(=O)NCc1ccc2c(c1)NC(=O)CO2. The molecule has 0 bridgehead atoms. The summed E-state index contributed by atoms with van der Waals surface area (Å²) in [5.41, 5.74) is 1.59. The van der Waals surface area contributed by atoms with Crippen LogP contribution in [0.5, 0.6) is 5.75 Å². The van der Waals surface area contributed by atoms with Crippen molar-refractivity contribution in [2.24, 2.45) is 5.92 Å². The van der Waals surface area contributed by atoms with E-state index in [9.17, 15) is 9.59 Å². The third kappa shape index (κ3) is 3.24. The average molecular weight is 262 g/mol. The molecule has 1 aliphatic rings. The first kappa shape index (κ1) is 13.4. The van der Waals surface area contributed by atoms with Crippen molar-refractivity contribution in [2.75, 3.05) is 11.9 Å². The van der Waals surface area contributed by atoms with Crippen molar-refractivity contribution in [2.45, 2.75) is 26.8 Å². The van der Waals surface area contributed by atoms with Gasteiger partial charge in [0.1, 0.15) is 5.75 Å². The number of carbonyl (C=O) groups excluding carboxylic acids is 2. The quantitative estimate of drug-likeness (QED) is 0.867. The summed E-state index contributed by atoms with van der Waals surface area (Å²) in [6.45, 7) is 4.38.